The summed E-state index contributed by atoms with van der Waals surface area (Å²) in [6.07, 6.45) is 0.940. The molecule has 88 valence electrons. The van der Waals surface area contributed by atoms with Crippen LogP contribution in [0.15, 0.2) is 0 Å². The van der Waals surface area contributed by atoms with E-state index in [0.717, 1.165) is 46.6 Å². The van der Waals surface area contributed by atoms with Gasteiger partial charge in [-0.05, 0) is 5.92 Å². The number of thioether (sulfide) groups is 1. The highest BCUT2D eigenvalue weighted by atomic mass is 32.2. The van der Waals surface area contributed by atoms with Crippen molar-refractivity contribution < 1.29 is 4.79 Å². The van der Waals surface area contributed by atoms with Gasteiger partial charge in [-0.2, -0.15) is 11.8 Å². The van der Waals surface area contributed by atoms with Crippen LogP contribution in [0.2, 0.25) is 0 Å². The van der Waals surface area contributed by atoms with Gasteiger partial charge < -0.3 is 4.90 Å². The van der Waals surface area contributed by atoms with Crippen molar-refractivity contribution in [2.75, 3.05) is 29.5 Å². The van der Waals surface area contributed by atoms with Gasteiger partial charge in [-0.15, -0.1) is 0 Å². The van der Waals surface area contributed by atoms with Crippen LogP contribution in [0.25, 0.3) is 0 Å². The van der Waals surface area contributed by atoms with E-state index in [2.05, 4.69) is 23.7 Å². The average Bonchev–Trinajstić information content (AvgIpc) is 2.74. The molecule has 0 saturated carbocycles. The second-order valence-corrected chi connectivity index (χ2v) is 6.35. The second kappa shape index (κ2) is 5.19. The van der Waals surface area contributed by atoms with Crippen LogP contribution in [-0.2, 0) is 0 Å². The van der Waals surface area contributed by atoms with Gasteiger partial charge in [0.15, 0.2) is 11.4 Å². The number of hydrogen-bond acceptors (Lipinski definition) is 5. The smallest absolute Gasteiger partial charge is 0.186 e. The zero-order valence-electron chi connectivity index (χ0n) is 9.60. The quantitative estimate of drug-likeness (QED) is 0.778. The maximum absolute atomic E-state index is 11.0. The van der Waals surface area contributed by atoms with Gasteiger partial charge in [0.25, 0.3) is 0 Å². The zero-order chi connectivity index (χ0) is 11.5. The molecule has 1 aliphatic heterocycles. The van der Waals surface area contributed by atoms with Crippen LogP contribution in [0, 0.1) is 0 Å². The Labute approximate surface area is 104 Å². The summed E-state index contributed by atoms with van der Waals surface area (Å²) in [7, 11) is 0. The molecule has 1 aromatic rings. The highest BCUT2D eigenvalue weighted by Gasteiger charge is 2.19. The monoisotopic (exact) mass is 256 g/mol. The van der Waals surface area contributed by atoms with E-state index >= 15 is 0 Å². The lowest BCUT2D eigenvalue weighted by Crippen LogP contribution is -2.32. The SMILES string of the molecule is CC(C)c1nc(N2CCSCC2)sc1C=O. The lowest BCUT2D eigenvalue weighted by Gasteiger charge is -2.25. The summed E-state index contributed by atoms with van der Waals surface area (Å²) in [5.41, 5.74) is 0.952. The Morgan fingerprint density at radius 2 is 2.06 bits per heavy atom. The number of anilines is 1. The van der Waals surface area contributed by atoms with E-state index in [1.165, 1.54) is 11.3 Å². The molecule has 0 bridgehead atoms. The van der Waals surface area contributed by atoms with Gasteiger partial charge in [-0.1, -0.05) is 25.2 Å². The Balaban J connectivity index is 2.24. The van der Waals surface area contributed by atoms with Crippen molar-refractivity contribution in [2.24, 2.45) is 0 Å². The van der Waals surface area contributed by atoms with Crippen LogP contribution in [0.3, 0.4) is 0 Å². The molecule has 1 aromatic heterocycles. The Morgan fingerprint density at radius 1 is 1.38 bits per heavy atom. The summed E-state index contributed by atoms with van der Waals surface area (Å²) in [5.74, 6) is 2.64. The standard InChI is InChI=1S/C11H16N2OS2/c1-8(2)10-9(7-14)16-11(12-10)13-3-5-15-6-4-13/h7-8H,3-6H2,1-2H3. The fraction of sp³-hybridized carbons (Fsp3) is 0.636. The third-order valence-corrected chi connectivity index (χ3v) is 4.61. The topological polar surface area (TPSA) is 33.2 Å². The van der Waals surface area contributed by atoms with Gasteiger partial charge in [0.05, 0.1) is 10.6 Å². The molecule has 1 saturated heterocycles. The highest BCUT2D eigenvalue weighted by Crippen LogP contribution is 2.30. The average molecular weight is 256 g/mol. The Bertz CT molecular complexity index is 370. The summed E-state index contributed by atoms with van der Waals surface area (Å²) < 4.78 is 0. The number of carbonyl (C=O) groups excluding carboxylic acids is 1. The number of thiazole rings is 1. The molecule has 2 heterocycles. The molecule has 0 aromatic carbocycles. The summed E-state index contributed by atoms with van der Waals surface area (Å²) in [6.45, 7) is 6.26. The fourth-order valence-electron chi connectivity index (χ4n) is 1.72. The van der Waals surface area contributed by atoms with E-state index in [1.807, 2.05) is 11.8 Å². The van der Waals surface area contributed by atoms with Gasteiger partial charge in [-0.3, -0.25) is 4.79 Å². The van der Waals surface area contributed by atoms with E-state index in [-0.39, 0.29) is 0 Å². The largest absolute Gasteiger partial charge is 0.346 e. The van der Waals surface area contributed by atoms with Crippen molar-refractivity contribution in [3.8, 4) is 0 Å². The van der Waals surface area contributed by atoms with E-state index in [4.69, 9.17) is 0 Å². The summed E-state index contributed by atoms with van der Waals surface area (Å²) >= 11 is 3.51. The molecule has 0 radical (unpaired) electrons. The normalized spacial score (nSPS) is 16.8. The third-order valence-electron chi connectivity index (χ3n) is 2.61. The van der Waals surface area contributed by atoms with Crippen molar-refractivity contribution in [3.05, 3.63) is 10.6 Å². The van der Waals surface area contributed by atoms with E-state index in [9.17, 15) is 4.79 Å². The van der Waals surface area contributed by atoms with E-state index < -0.39 is 0 Å². The van der Waals surface area contributed by atoms with Gasteiger partial charge in [0.2, 0.25) is 0 Å². The van der Waals surface area contributed by atoms with Crippen LogP contribution < -0.4 is 4.90 Å². The van der Waals surface area contributed by atoms with Gasteiger partial charge in [-0.25, -0.2) is 4.98 Å². The molecule has 1 fully saturated rings. The lowest BCUT2D eigenvalue weighted by atomic mass is 10.1. The molecular formula is C11H16N2OS2. The lowest BCUT2D eigenvalue weighted by molar-refractivity contribution is 0.112. The van der Waals surface area contributed by atoms with Crippen LogP contribution in [0.5, 0.6) is 0 Å². The van der Waals surface area contributed by atoms with E-state index in [1.54, 1.807) is 0 Å². The summed E-state index contributed by atoms with van der Waals surface area (Å²) in [6, 6.07) is 0. The van der Waals surface area contributed by atoms with Crippen molar-refractivity contribution in [2.45, 2.75) is 19.8 Å². The van der Waals surface area contributed by atoms with Crippen molar-refractivity contribution in [3.63, 3.8) is 0 Å². The molecule has 2 rings (SSSR count). The molecular weight excluding hydrogens is 240 g/mol. The molecule has 1 aliphatic rings. The van der Waals surface area contributed by atoms with Gasteiger partial charge in [0, 0.05) is 24.6 Å². The maximum Gasteiger partial charge on any atom is 0.186 e. The number of aromatic nitrogens is 1. The molecule has 0 unspecified atom stereocenters. The summed E-state index contributed by atoms with van der Waals surface area (Å²) in [4.78, 5) is 18.7. The Morgan fingerprint density at radius 3 is 2.56 bits per heavy atom. The first kappa shape index (κ1) is 11.9. The Kier molecular flexibility index (Phi) is 3.86. The molecule has 16 heavy (non-hydrogen) atoms. The fourth-order valence-corrected chi connectivity index (χ4v) is 3.71. The molecule has 5 heteroatoms. The first-order valence-corrected chi connectivity index (χ1v) is 7.48. The summed E-state index contributed by atoms with van der Waals surface area (Å²) in [5, 5.41) is 1.02. The van der Waals surface area contributed by atoms with E-state index in [0.29, 0.717) is 5.92 Å². The predicted molar refractivity (Wildman–Crippen MR) is 71.1 cm³/mol. The molecule has 0 aliphatic carbocycles. The van der Waals surface area contributed by atoms with Crippen LogP contribution >= 0.6 is 23.1 Å². The molecule has 0 amide bonds. The number of hydrogen-bond donors (Lipinski definition) is 0. The van der Waals surface area contributed by atoms with Crippen LogP contribution in [0.4, 0.5) is 5.13 Å². The molecule has 0 N–H and O–H groups in total. The molecule has 3 nitrogen and oxygen atoms in total. The maximum atomic E-state index is 11.0. The number of rotatable bonds is 3. The van der Waals surface area contributed by atoms with Gasteiger partial charge >= 0.3 is 0 Å². The predicted octanol–water partition coefficient (Wildman–Crippen LogP) is 2.63. The van der Waals surface area contributed by atoms with Crippen molar-refractivity contribution in [1.29, 1.82) is 0 Å². The first-order valence-electron chi connectivity index (χ1n) is 5.51. The van der Waals surface area contributed by atoms with Crippen LogP contribution in [-0.4, -0.2) is 35.9 Å². The Hall–Kier alpha value is -0.550. The number of aldehydes is 1. The number of nitrogens with zero attached hydrogens (tertiary/aromatic N) is 2. The second-order valence-electron chi connectivity index (χ2n) is 4.12. The molecule has 0 spiro atoms. The molecule has 0 atom stereocenters. The minimum atomic E-state index is 0.323. The number of carbonyl (C=O) groups is 1. The van der Waals surface area contributed by atoms with Crippen molar-refractivity contribution >= 4 is 34.5 Å². The van der Waals surface area contributed by atoms with Crippen molar-refractivity contribution in [1.82, 2.24) is 4.98 Å². The zero-order valence-corrected chi connectivity index (χ0v) is 11.2. The van der Waals surface area contributed by atoms with Crippen LogP contribution in [0.1, 0.15) is 35.1 Å². The minimum absolute atomic E-state index is 0.323. The van der Waals surface area contributed by atoms with Gasteiger partial charge in [0.1, 0.15) is 0 Å². The first-order chi connectivity index (χ1) is 7.72. The highest BCUT2D eigenvalue weighted by molar-refractivity contribution is 7.99. The minimum Gasteiger partial charge on any atom is -0.346 e. The third kappa shape index (κ3) is 2.40.